The fraction of sp³-hybridized carbons (Fsp3) is 0.368. The van der Waals surface area contributed by atoms with Crippen LogP contribution in [0.2, 0.25) is 0 Å². The van der Waals surface area contributed by atoms with Crippen molar-refractivity contribution in [2.24, 2.45) is 0 Å². The first kappa shape index (κ1) is 17.5. The predicted molar refractivity (Wildman–Crippen MR) is 100 cm³/mol. The number of nitrogens with one attached hydrogen (secondary N) is 1. The highest BCUT2D eigenvalue weighted by atomic mass is 32.1. The summed E-state index contributed by atoms with van der Waals surface area (Å²) in [6.07, 6.45) is 3.43. The maximum Gasteiger partial charge on any atom is 0.337 e. The van der Waals surface area contributed by atoms with Gasteiger partial charge in [0.05, 0.1) is 24.0 Å². The van der Waals surface area contributed by atoms with Crippen LogP contribution in [0.1, 0.15) is 34.5 Å². The van der Waals surface area contributed by atoms with Crippen LogP contribution in [-0.4, -0.2) is 32.1 Å². The van der Waals surface area contributed by atoms with E-state index < -0.39 is 5.97 Å². The lowest BCUT2D eigenvalue weighted by molar-refractivity contribution is -0.116. The number of amides is 1. The summed E-state index contributed by atoms with van der Waals surface area (Å²) in [5, 5.41) is 5.00. The highest BCUT2D eigenvalue weighted by Gasteiger charge is 2.19. The number of nitrogens with zero attached hydrogens (tertiary/aromatic N) is 1. The minimum atomic E-state index is -0.401. The molecule has 0 spiro atoms. The van der Waals surface area contributed by atoms with Gasteiger partial charge in [0.2, 0.25) is 5.91 Å². The van der Waals surface area contributed by atoms with Crippen LogP contribution in [-0.2, 0) is 16.0 Å². The summed E-state index contributed by atoms with van der Waals surface area (Å²) in [5.41, 5.74) is 2.09. The van der Waals surface area contributed by atoms with Gasteiger partial charge in [-0.3, -0.25) is 4.79 Å². The molecule has 3 rings (SSSR count). The summed E-state index contributed by atoms with van der Waals surface area (Å²) in [6, 6.07) is 9.38. The molecule has 0 saturated carbocycles. The molecule has 2 aromatic rings. The zero-order valence-corrected chi connectivity index (χ0v) is 15.1. The van der Waals surface area contributed by atoms with Crippen molar-refractivity contribution in [3.63, 3.8) is 0 Å². The Bertz CT molecular complexity index is 737. The third kappa shape index (κ3) is 4.39. The van der Waals surface area contributed by atoms with Gasteiger partial charge in [-0.2, -0.15) is 0 Å². The second-order valence-electron chi connectivity index (χ2n) is 6.05. The number of carbonyl (C=O) groups excluding carboxylic acids is 2. The Morgan fingerprint density at radius 3 is 2.72 bits per heavy atom. The number of thiophene rings is 1. The molecule has 0 bridgehead atoms. The number of ether oxygens (including phenoxy) is 1. The first-order chi connectivity index (χ1) is 12.2. The van der Waals surface area contributed by atoms with E-state index in [1.165, 1.54) is 12.0 Å². The second kappa shape index (κ2) is 8.16. The smallest absolute Gasteiger partial charge is 0.337 e. The molecule has 5 nitrogen and oxygen atoms in total. The third-order valence-corrected chi connectivity index (χ3v) is 5.25. The van der Waals surface area contributed by atoms with E-state index in [2.05, 4.69) is 10.2 Å². The molecule has 1 amide bonds. The molecule has 2 heterocycles. The topological polar surface area (TPSA) is 58.6 Å². The predicted octanol–water partition coefficient (Wildman–Crippen LogP) is 3.71. The number of carbonyl (C=O) groups is 2. The number of methoxy groups -OCH3 is 1. The van der Waals surface area contributed by atoms with Gasteiger partial charge in [0.25, 0.3) is 0 Å². The summed E-state index contributed by atoms with van der Waals surface area (Å²) >= 11 is 1.65. The molecule has 1 aliphatic rings. The first-order valence-corrected chi connectivity index (χ1v) is 9.35. The number of anilines is 2. The fourth-order valence-electron chi connectivity index (χ4n) is 3.02. The van der Waals surface area contributed by atoms with Crippen LogP contribution >= 0.6 is 11.3 Å². The third-order valence-electron chi connectivity index (χ3n) is 4.32. The summed E-state index contributed by atoms with van der Waals surface area (Å²) in [4.78, 5) is 27.6. The molecular formula is C19H22N2O3S. The maximum atomic E-state index is 12.4. The number of rotatable bonds is 6. The average molecular weight is 358 g/mol. The Morgan fingerprint density at radius 1 is 1.24 bits per heavy atom. The van der Waals surface area contributed by atoms with Crippen molar-refractivity contribution < 1.29 is 14.3 Å². The minimum Gasteiger partial charge on any atom is -0.465 e. The Kier molecular flexibility index (Phi) is 5.71. The van der Waals surface area contributed by atoms with Gasteiger partial charge in [0.1, 0.15) is 0 Å². The van der Waals surface area contributed by atoms with Gasteiger partial charge in [0, 0.05) is 24.4 Å². The number of esters is 1. The standard InChI is InChI=1S/C19H22N2O3S/c1-24-19(23)14-6-8-17(21-10-2-3-11-21)16(13-14)20-18(22)9-7-15-5-4-12-25-15/h4-6,8,12-13H,2-3,7,9-11H2,1H3,(H,20,22). The molecule has 6 heteroatoms. The monoisotopic (exact) mass is 358 g/mol. The van der Waals surface area contributed by atoms with Gasteiger partial charge in [-0.05, 0) is 48.9 Å². The SMILES string of the molecule is COC(=O)c1ccc(N2CCCC2)c(NC(=O)CCc2cccs2)c1. The van der Waals surface area contributed by atoms with Gasteiger partial charge in [-0.1, -0.05) is 6.07 Å². The second-order valence-corrected chi connectivity index (χ2v) is 7.08. The van der Waals surface area contributed by atoms with Crippen molar-refractivity contribution in [2.45, 2.75) is 25.7 Å². The summed E-state index contributed by atoms with van der Waals surface area (Å²) in [7, 11) is 1.36. The zero-order chi connectivity index (χ0) is 17.6. The highest BCUT2D eigenvalue weighted by molar-refractivity contribution is 7.09. The van der Waals surface area contributed by atoms with Gasteiger partial charge in [-0.15, -0.1) is 11.3 Å². The van der Waals surface area contributed by atoms with Crippen LogP contribution in [0.4, 0.5) is 11.4 Å². The molecule has 1 N–H and O–H groups in total. The van der Waals surface area contributed by atoms with Crippen LogP contribution in [0.5, 0.6) is 0 Å². The summed E-state index contributed by atoms with van der Waals surface area (Å²) < 4.78 is 4.79. The molecule has 0 radical (unpaired) electrons. The van der Waals surface area contributed by atoms with E-state index in [0.717, 1.165) is 38.0 Å². The van der Waals surface area contributed by atoms with E-state index in [-0.39, 0.29) is 5.91 Å². The molecule has 132 valence electrons. The molecule has 1 aliphatic heterocycles. The summed E-state index contributed by atoms with van der Waals surface area (Å²) in [5.74, 6) is -0.446. The molecule has 1 saturated heterocycles. The minimum absolute atomic E-state index is 0.0455. The maximum absolute atomic E-state index is 12.4. The van der Waals surface area contributed by atoms with Crippen LogP contribution in [0, 0.1) is 0 Å². The number of hydrogen-bond acceptors (Lipinski definition) is 5. The molecule has 1 fully saturated rings. The molecule has 1 aromatic heterocycles. The van der Waals surface area contributed by atoms with E-state index in [0.29, 0.717) is 17.7 Å². The molecule has 25 heavy (non-hydrogen) atoms. The van der Waals surface area contributed by atoms with E-state index in [4.69, 9.17) is 4.74 Å². The van der Waals surface area contributed by atoms with E-state index in [1.807, 2.05) is 23.6 Å². The van der Waals surface area contributed by atoms with E-state index in [1.54, 1.807) is 23.5 Å². The quantitative estimate of drug-likeness (QED) is 0.800. The van der Waals surface area contributed by atoms with Crippen molar-refractivity contribution in [1.82, 2.24) is 0 Å². The molecule has 0 unspecified atom stereocenters. The van der Waals surface area contributed by atoms with Crippen molar-refractivity contribution in [3.8, 4) is 0 Å². The van der Waals surface area contributed by atoms with E-state index >= 15 is 0 Å². The Hall–Kier alpha value is -2.34. The Morgan fingerprint density at radius 2 is 2.04 bits per heavy atom. The molecule has 0 aliphatic carbocycles. The lowest BCUT2D eigenvalue weighted by atomic mass is 10.1. The van der Waals surface area contributed by atoms with E-state index in [9.17, 15) is 9.59 Å². The van der Waals surface area contributed by atoms with Gasteiger partial charge >= 0.3 is 5.97 Å². The number of hydrogen-bond donors (Lipinski definition) is 1. The van der Waals surface area contributed by atoms with Crippen LogP contribution in [0.15, 0.2) is 35.7 Å². The first-order valence-electron chi connectivity index (χ1n) is 8.47. The number of benzene rings is 1. The van der Waals surface area contributed by atoms with Crippen molar-refractivity contribution in [2.75, 3.05) is 30.4 Å². The summed E-state index contributed by atoms with van der Waals surface area (Å²) in [6.45, 7) is 1.94. The fourth-order valence-corrected chi connectivity index (χ4v) is 3.73. The van der Waals surface area contributed by atoms with Gasteiger partial charge < -0.3 is 15.0 Å². The molecular weight excluding hydrogens is 336 g/mol. The normalized spacial score (nSPS) is 13.7. The lowest BCUT2D eigenvalue weighted by Gasteiger charge is -2.22. The Labute approximate surface area is 151 Å². The Balaban J connectivity index is 1.75. The van der Waals surface area contributed by atoms with Crippen LogP contribution < -0.4 is 10.2 Å². The van der Waals surface area contributed by atoms with Gasteiger partial charge in [-0.25, -0.2) is 4.79 Å². The zero-order valence-electron chi connectivity index (χ0n) is 14.3. The van der Waals surface area contributed by atoms with Gasteiger partial charge in [0.15, 0.2) is 0 Å². The molecule has 1 aromatic carbocycles. The number of aryl methyl sites for hydroxylation is 1. The van der Waals surface area contributed by atoms with Crippen molar-refractivity contribution >= 4 is 34.6 Å². The van der Waals surface area contributed by atoms with Crippen molar-refractivity contribution in [1.29, 1.82) is 0 Å². The van der Waals surface area contributed by atoms with Crippen molar-refractivity contribution in [3.05, 3.63) is 46.2 Å². The highest BCUT2D eigenvalue weighted by Crippen LogP contribution is 2.30. The largest absolute Gasteiger partial charge is 0.465 e. The molecule has 0 atom stereocenters. The average Bonchev–Trinajstić information content (AvgIpc) is 3.33. The lowest BCUT2D eigenvalue weighted by Crippen LogP contribution is -2.21. The van der Waals surface area contributed by atoms with Crippen LogP contribution in [0.25, 0.3) is 0 Å². The van der Waals surface area contributed by atoms with Crippen LogP contribution in [0.3, 0.4) is 0 Å².